The number of methoxy groups -OCH3 is 1. The molecule has 7 nitrogen and oxygen atoms in total. The Balaban J connectivity index is 1.50. The lowest BCUT2D eigenvalue weighted by Gasteiger charge is -2.28. The first-order valence-corrected chi connectivity index (χ1v) is 10.0. The Labute approximate surface area is 176 Å². The Morgan fingerprint density at radius 3 is 2.50 bits per heavy atom. The molecule has 0 bridgehead atoms. The molecule has 1 unspecified atom stereocenters. The predicted octanol–water partition coefficient (Wildman–Crippen LogP) is 2.95. The lowest BCUT2D eigenvalue weighted by molar-refractivity contribution is -0.152. The third-order valence-electron chi connectivity index (χ3n) is 5.01. The zero-order valence-corrected chi connectivity index (χ0v) is 17.6. The summed E-state index contributed by atoms with van der Waals surface area (Å²) in [4.78, 5) is 26.9. The number of carbonyl (C=O) groups is 2. The van der Waals surface area contributed by atoms with Crippen LogP contribution in [0.2, 0.25) is 0 Å². The van der Waals surface area contributed by atoms with Crippen molar-refractivity contribution in [3.63, 3.8) is 0 Å². The van der Waals surface area contributed by atoms with Crippen LogP contribution in [0.3, 0.4) is 0 Å². The summed E-state index contributed by atoms with van der Waals surface area (Å²) >= 11 is 0. The summed E-state index contributed by atoms with van der Waals surface area (Å²) in [6, 6.07) is 13.1. The van der Waals surface area contributed by atoms with Crippen molar-refractivity contribution in [2.45, 2.75) is 26.4 Å². The van der Waals surface area contributed by atoms with Crippen molar-refractivity contribution in [3.8, 4) is 5.75 Å². The van der Waals surface area contributed by atoms with Gasteiger partial charge in [0.2, 0.25) is 0 Å². The minimum Gasteiger partial charge on any atom is -0.496 e. The van der Waals surface area contributed by atoms with E-state index in [-0.39, 0.29) is 12.3 Å². The SMILES string of the molecule is COc1cc(CC(=O)OC(C)C(=O)Nc2ccc(N3CCOCC3)cc2)ccc1C. The molecule has 1 aliphatic rings. The van der Waals surface area contributed by atoms with E-state index in [0.29, 0.717) is 11.4 Å². The molecule has 0 spiro atoms. The third kappa shape index (κ3) is 5.73. The highest BCUT2D eigenvalue weighted by Gasteiger charge is 2.19. The number of morpholine rings is 1. The van der Waals surface area contributed by atoms with Crippen LogP contribution in [0.15, 0.2) is 42.5 Å². The number of nitrogens with zero attached hydrogens (tertiary/aromatic N) is 1. The number of aryl methyl sites for hydroxylation is 1. The van der Waals surface area contributed by atoms with E-state index < -0.39 is 12.1 Å². The molecule has 0 radical (unpaired) electrons. The summed E-state index contributed by atoms with van der Waals surface area (Å²) in [5.41, 5.74) is 3.50. The van der Waals surface area contributed by atoms with Crippen molar-refractivity contribution in [1.82, 2.24) is 0 Å². The molecule has 3 rings (SSSR count). The van der Waals surface area contributed by atoms with Crippen molar-refractivity contribution >= 4 is 23.3 Å². The molecule has 7 heteroatoms. The van der Waals surface area contributed by atoms with Gasteiger partial charge in [-0.2, -0.15) is 0 Å². The van der Waals surface area contributed by atoms with E-state index in [2.05, 4.69) is 10.2 Å². The first-order valence-electron chi connectivity index (χ1n) is 10.0. The summed E-state index contributed by atoms with van der Waals surface area (Å²) in [5.74, 6) is -0.123. The van der Waals surface area contributed by atoms with Crippen LogP contribution >= 0.6 is 0 Å². The Bertz CT molecular complexity index is 876. The molecule has 0 aliphatic carbocycles. The number of ether oxygens (including phenoxy) is 3. The number of anilines is 2. The first-order chi connectivity index (χ1) is 14.5. The van der Waals surface area contributed by atoms with E-state index in [1.54, 1.807) is 20.1 Å². The molecule has 1 atom stereocenters. The second-order valence-corrected chi connectivity index (χ2v) is 7.25. The number of carbonyl (C=O) groups excluding carboxylic acids is 2. The van der Waals surface area contributed by atoms with Crippen LogP contribution < -0.4 is 15.0 Å². The molecule has 1 N–H and O–H groups in total. The van der Waals surface area contributed by atoms with Crippen molar-refractivity contribution in [2.75, 3.05) is 43.6 Å². The average molecular weight is 412 g/mol. The Kier molecular flexibility index (Phi) is 7.30. The number of rotatable bonds is 7. The van der Waals surface area contributed by atoms with Gasteiger partial charge in [-0.05, 0) is 55.3 Å². The molecule has 2 aromatic carbocycles. The monoisotopic (exact) mass is 412 g/mol. The Morgan fingerprint density at radius 2 is 1.83 bits per heavy atom. The van der Waals surface area contributed by atoms with Crippen molar-refractivity contribution in [1.29, 1.82) is 0 Å². The van der Waals surface area contributed by atoms with Crippen LogP contribution in [0.1, 0.15) is 18.1 Å². The van der Waals surface area contributed by atoms with E-state index in [4.69, 9.17) is 14.2 Å². The maximum absolute atomic E-state index is 12.4. The highest BCUT2D eigenvalue weighted by molar-refractivity contribution is 5.95. The molecule has 0 aromatic heterocycles. The standard InChI is InChI=1S/C23H28N2O5/c1-16-4-5-18(14-21(16)28-3)15-22(26)30-17(2)23(27)24-19-6-8-20(9-7-19)25-10-12-29-13-11-25/h4-9,14,17H,10-13,15H2,1-3H3,(H,24,27). The van der Waals surface area contributed by atoms with Crippen molar-refractivity contribution < 1.29 is 23.8 Å². The normalized spacial score (nSPS) is 14.7. The molecule has 1 amide bonds. The minimum atomic E-state index is -0.899. The summed E-state index contributed by atoms with van der Waals surface area (Å²) in [7, 11) is 1.59. The van der Waals surface area contributed by atoms with Gasteiger partial charge in [-0.1, -0.05) is 12.1 Å². The highest BCUT2D eigenvalue weighted by Crippen LogP contribution is 2.21. The molecule has 30 heavy (non-hydrogen) atoms. The number of esters is 1. The molecule has 160 valence electrons. The Hall–Kier alpha value is -3.06. The van der Waals surface area contributed by atoms with Crippen LogP contribution in [-0.4, -0.2) is 51.4 Å². The van der Waals surface area contributed by atoms with Crippen LogP contribution in [0.4, 0.5) is 11.4 Å². The summed E-state index contributed by atoms with van der Waals surface area (Å²) in [5, 5.41) is 2.79. The van der Waals surface area contributed by atoms with Gasteiger partial charge >= 0.3 is 5.97 Å². The van der Waals surface area contributed by atoms with Gasteiger partial charge in [0.25, 0.3) is 5.91 Å². The third-order valence-corrected chi connectivity index (χ3v) is 5.01. The van der Waals surface area contributed by atoms with E-state index in [0.717, 1.165) is 43.1 Å². The average Bonchev–Trinajstić information content (AvgIpc) is 2.76. The number of nitrogens with one attached hydrogen (secondary N) is 1. The number of amides is 1. The lowest BCUT2D eigenvalue weighted by Crippen LogP contribution is -2.36. The number of hydrogen-bond acceptors (Lipinski definition) is 6. The predicted molar refractivity (Wildman–Crippen MR) is 115 cm³/mol. The van der Waals surface area contributed by atoms with Gasteiger partial charge in [-0.25, -0.2) is 0 Å². The zero-order valence-electron chi connectivity index (χ0n) is 17.6. The smallest absolute Gasteiger partial charge is 0.311 e. The van der Waals surface area contributed by atoms with Gasteiger partial charge in [0, 0.05) is 24.5 Å². The number of benzene rings is 2. The Morgan fingerprint density at radius 1 is 1.13 bits per heavy atom. The fourth-order valence-corrected chi connectivity index (χ4v) is 3.25. The van der Waals surface area contributed by atoms with Gasteiger partial charge in [0.1, 0.15) is 5.75 Å². The fraction of sp³-hybridized carbons (Fsp3) is 0.391. The second kappa shape index (κ2) is 10.1. The lowest BCUT2D eigenvalue weighted by atomic mass is 10.1. The molecule has 2 aromatic rings. The van der Waals surface area contributed by atoms with E-state index >= 15 is 0 Å². The van der Waals surface area contributed by atoms with E-state index in [1.165, 1.54) is 0 Å². The van der Waals surface area contributed by atoms with Gasteiger partial charge in [0.05, 0.1) is 26.7 Å². The maximum atomic E-state index is 12.4. The first kappa shape index (κ1) is 21.6. The quantitative estimate of drug-likeness (QED) is 0.705. The van der Waals surface area contributed by atoms with Crippen molar-refractivity contribution in [2.24, 2.45) is 0 Å². The fourth-order valence-electron chi connectivity index (χ4n) is 3.25. The van der Waals surface area contributed by atoms with Crippen LogP contribution in [0.5, 0.6) is 5.75 Å². The van der Waals surface area contributed by atoms with Crippen molar-refractivity contribution in [3.05, 3.63) is 53.6 Å². The molecular formula is C23H28N2O5. The minimum absolute atomic E-state index is 0.0719. The largest absolute Gasteiger partial charge is 0.496 e. The number of hydrogen-bond donors (Lipinski definition) is 1. The zero-order chi connectivity index (χ0) is 21.5. The molecule has 1 saturated heterocycles. The van der Waals surface area contributed by atoms with Gasteiger partial charge in [-0.15, -0.1) is 0 Å². The van der Waals surface area contributed by atoms with Gasteiger partial charge < -0.3 is 24.4 Å². The van der Waals surface area contributed by atoms with Crippen LogP contribution in [0, 0.1) is 6.92 Å². The van der Waals surface area contributed by atoms with Crippen LogP contribution in [0.25, 0.3) is 0 Å². The van der Waals surface area contributed by atoms with E-state index in [1.807, 2.05) is 43.3 Å². The van der Waals surface area contributed by atoms with Gasteiger partial charge in [0.15, 0.2) is 6.10 Å². The van der Waals surface area contributed by atoms with E-state index in [9.17, 15) is 9.59 Å². The molecule has 1 aliphatic heterocycles. The van der Waals surface area contributed by atoms with Gasteiger partial charge in [-0.3, -0.25) is 9.59 Å². The summed E-state index contributed by atoms with van der Waals surface area (Å²) in [6.45, 7) is 6.64. The highest BCUT2D eigenvalue weighted by atomic mass is 16.5. The topological polar surface area (TPSA) is 77.1 Å². The molecule has 1 fully saturated rings. The summed E-state index contributed by atoms with van der Waals surface area (Å²) < 4.78 is 15.9. The summed E-state index contributed by atoms with van der Waals surface area (Å²) in [6.07, 6.45) is -0.827. The molecular weight excluding hydrogens is 384 g/mol. The molecule has 0 saturated carbocycles. The maximum Gasteiger partial charge on any atom is 0.311 e. The van der Waals surface area contributed by atoms with Crippen LogP contribution in [-0.2, 0) is 25.5 Å². The second-order valence-electron chi connectivity index (χ2n) is 7.25. The molecule has 1 heterocycles.